The van der Waals surface area contributed by atoms with Crippen LogP contribution in [-0.4, -0.2) is 0 Å². The minimum Gasteiger partial charge on any atom is -0.320 e. The lowest BCUT2D eigenvalue weighted by Gasteiger charge is -2.12. The van der Waals surface area contributed by atoms with Crippen LogP contribution in [0.4, 0.5) is 0 Å². The Morgan fingerprint density at radius 2 is 1.94 bits per heavy atom. The number of benzene rings is 1. The van der Waals surface area contributed by atoms with E-state index < -0.39 is 0 Å². The van der Waals surface area contributed by atoms with Crippen molar-refractivity contribution in [3.05, 3.63) is 54.1 Å². The average Bonchev–Trinajstić information content (AvgIpc) is 2.64. The summed E-state index contributed by atoms with van der Waals surface area (Å²) in [6, 6.07) is 9.67. The number of rotatable bonds is 2. The van der Waals surface area contributed by atoms with E-state index in [2.05, 4.69) is 31.9 Å². The molecule has 1 nitrogen and oxygen atoms in total. The summed E-state index contributed by atoms with van der Waals surface area (Å²) in [4.78, 5) is 1.06. The molecule has 0 aliphatic heterocycles. The minimum atomic E-state index is -0.139. The fourth-order valence-corrected chi connectivity index (χ4v) is 3.78. The first kappa shape index (κ1) is 12.6. The van der Waals surface area contributed by atoms with Crippen LogP contribution >= 0.6 is 54.8 Å². The molecule has 0 bridgehead atoms. The molecule has 2 rings (SSSR count). The Morgan fingerprint density at radius 1 is 1.19 bits per heavy atom. The number of thiophene rings is 1. The van der Waals surface area contributed by atoms with Crippen LogP contribution < -0.4 is 5.73 Å². The van der Waals surface area contributed by atoms with Gasteiger partial charge in [0.2, 0.25) is 0 Å². The average molecular weight is 382 g/mol. The molecular formula is C11H8Br2ClNS. The third-order valence-corrected chi connectivity index (χ3v) is 4.69. The second-order valence-corrected chi connectivity index (χ2v) is 6.80. The molecule has 84 valence electrons. The van der Waals surface area contributed by atoms with Gasteiger partial charge in [-0.25, -0.2) is 0 Å². The molecule has 0 saturated carbocycles. The molecule has 0 aliphatic carbocycles. The van der Waals surface area contributed by atoms with Gasteiger partial charge in [-0.1, -0.05) is 49.5 Å². The molecule has 1 heterocycles. The molecule has 0 spiro atoms. The van der Waals surface area contributed by atoms with Crippen LogP contribution in [0.25, 0.3) is 0 Å². The van der Waals surface area contributed by atoms with Gasteiger partial charge in [0.05, 0.1) is 10.4 Å². The third-order valence-electron chi connectivity index (χ3n) is 2.20. The predicted octanol–water partition coefficient (Wildman–Crippen LogP) is 4.97. The summed E-state index contributed by atoms with van der Waals surface area (Å²) in [6.45, 7) is 0. The van der Waals surface area contributed by atoms with Crippen LogP contribution in [0, 0.1) is 0 Å². The van der Waals surface area contributed by atoms with Crippen molar-refractivity contribution in [3.63, 3.8) is 0 Å². The van der Waals surface area contributed by atoms with Crippen LogP contribution in [0.5, 0.6) is 0 Å². The lowest BCUT2D eigenvalue weighted by Crippen LogP contribution is -2.10. The van der Waals surface area contributed by atoms with E-state index in [0.717, 1.165) is 23.7 Å². The highest BCUT2D eigenvalue weighted by atomic mass is 79.9. The molecular weight excluding hydrogens is 373 g/mol. The van der Waals surface area contributed by atoms with Gasteiger partial charge >= 0.3 is 0 Å². The Balaban J connectivity index is 2.37. The van der Waals surface area contributed by atoms with Gasteiger partial charge < -0.3 is 5.73 Å². The summed E-state index contributed by atoms with van der Waals surface area (Å²) in [5.74, 6) is 0. The van der Waals surface area contributed by atoms with Crippen LogP contribution in [0.2, 0.25) is 4.34 Å². The van der Waals surface area contributed by atoms with E-state index in [1.807, 2.05) is 30.3 Å². The van der Waals surface area contributed by atoms with Gasteiger partial charge in [0.15, 0.2) is 0 Å². The fourth-order valence-electron chi connectivity index (χ4n) is 1.40. The van der Waals surface area contributed by atoms with Crippen LogP contribution in [0.15, 0.2) is 39.3 Å². The second-order valence-electron chi connectivity index (χ2n) is 3.29. The van der Waals surface area contributed by atoms with Crippen LogP contribution in [-0.2, 0) is 0 Å². The molecule has 2 N–H and O–H groups in total. The van der Waals surface area contributed by atoms with E-state index in [-0.39, 0.29) is 6.04 Å². The number of hydrogen-bond donors (Lipinski definition) is 1. The van der Waals surface area contributed by atoms with Gasteiger partial charge in [-0.15, -0.1) is 11.3 Å². The largest absolute Gasteiger partial charge is 0.320 e. The number of nitrogens with two attached hydrogens (primary N) is 1. The zero-order chi connectivity index (χ0) is 11.7. The van der Waals surface area contributed by atoms with Gasteiger partial charge in [0.1, 0.15) is 0 Å². The molecule has 16 heavy (non-hydrogen) atoms. The smallest absolute Gasteiger partial charge is 0.0931 e. The van der Waals surface area contributed by atoms with Crippen molar-refractivity contribution in [1.82, 2.24) is 0 Å². The van der Waals surface area contributed by atoms with E-state index in [1.165, 1.54) is 11.3 Å². The SMILES string of the molecule is NC(c1ccc(Cl)s1)c1ccc(Br)cc1Br. The fraction of sp³-hybridized carbons (Fsp3) is 0.0909. The van der Waals surface area contributed by atoms with Gasteiger partial charge in [0, 0.05) is 13.8 Å². The molecule has 2 aromatic rings. The van der Waals surface area contributed by atoms with Gasteiger partial charge in [0.25, 0.3) is 0 Å². The molecule has 1 aromatic carbocycles. The first-order chi connectivity index (χ1) is 7.58. The Bertz CT molecular complexity index is 512. The van der Waals surface area contributed by atoms with Gasteiger partial charge in [-0.05, 0) is 29.8 Å². The van der Waals surface area contributed by atoms with Crippen molar-refractivity contribution in [2.45, 2.75) is 6.04 Å². The first-order valence-corrected chi connectivity index (χ1v) is 7.32. The monoisotopic (exact) mass is 379 g/mol. The molecule has 1 atom stereocenters. The molecule has 0 radical (unpaired) electrons. The molecule has 5 heteroatoms. The maximum absolute atomic E-state index is 6.19. The lowest BCUT2D eigenvalue weighted by atomic mass is 10.1. The maximum Gasteiger partial charge on any atom is 0.0931 e. The normalized spacial score (nSPS) is 12.8. The second kappa shape index (κ2) is 5.19. The predicted molar refractivity (Wildman–Crippen MR) is 77.2 cm³/mol. The number of hydrogen-bond acceptors (Lipinski definition) is 2. The molecule has 0 amide bonds. The summed E-state index contributed by atoms with van der Waals surface area (Å²) in [5.41, 5.74) is 7.24. The molecule has 0 saturated heterocycles. The van der Waals surface area contributed by atoms with E-state index in [0.29, 0.717) is 0 Å². The standard InChI is InChI=1S/C11H8Br2ClNS/c12-6-1-2-7(8(13)5-6)11(15)9-3-4-10(14)16-9/h1-5,11H,15H2. The molecule has 0 fully saturated rings. The highest BCUT2D eigenvalue weighted by Crippen LogP contribution is 2.33. The summed E-state index contributed by atoms with van der Waals surface area (Å²) < 4.78 is 2.79. The molecule has 1 aromatic heterocycles. The van der Waals surface area contributed by atoms with E-state index in [9.17, 15) is 0 Å². The highest BCUT2D eigenvalue weighted by Gasteiger charge is 2.14. The van der Waals surface area contributed by atoms with E-state index in [1.54, 1.807) is 0 Å². The maximum atomic E-state index is 6.19. The topological polar surface area (TPSA) is 26.0 Å². The van der Waals surface area contributed by atoms with Crippen molar-refractivity contribution >= 4 is 54.8 Å². The van der Waals surface area contributed by atoms with Crippen molar-refractivity contribution < 1.29 is 0 Å². The summed E-state index contributed by atoms with van der Waals surface area (Å²) in [6.07, 6.45) is 0. The Morgan fingerprint density at radius 3 is 2.50 bits per heavy atom. The highest BCUT2D eigenvalue weighted by molar-refractivity contribution is 9.11. The van der Waals surface area contributed by atoms with E-state index in [4.69, 9.17) is 17.3 Å². The quantitative estimate of drug-likeness (QED) is 0.780. The van der Waals surface area contributed by atoms with Crippen molar-refractivity contribution in [1.29, 1.82) is 0 Å². The molecule has 0 aliphatic rings. The Hall–Kier alpha value is 0.130. The number of halogens is 3. The third kappa shape index (κ3) is 2.68. The van der Waals surface area contributed by atoms with Gasteiger partial charge in [-0.3, -0.25) is 0 Å². The van der Waals surface area contributed by atoms with E-state index >= 15 is 0 Å². The van der Waals surface area contributed by atoms with Gasteiger partial charge in [-0.2, -0.15) is 0 Å². The first-order valence-electron chi connectivity index (χ1n) is 4.53. The summed E-state index contributed by atoms with van der Waals surface area (Å²) in [7, 11) is 0. The summed E-state index contributed by atoms with van der Waals surface area (Å²) >= 11 is 14.3. The van der Waals surface area contributed by atoms with Crippen LogP contribution in [0.3, 0.4) is 0 Å². The lowest BCUT2D eigenvalue weighted by molar-refractivity contribution is 0.887. The van der Waals surface area contributed by atoms with Crippen molar-refractivity contribution in [2.75, 3.05) is 0 Å². The summed E-state index contributed by atoms with van der Waals surface area (Å²) in [5, 5.41) is 0. The zero-order valence-electron chi connectivity index (χ0n) is 8.08. The van der Waals surface area contributed by atoms with Crippen LogP contribution in [0.1, 0.15) is 16.5 Å². The Labute approximate surface area is 120 Å². The van der Waals surface area contributed by atoms with Crippen molar-refractivity contribution in [2.24, 2.45) is 5.73 Å². The Kier molecular flexibility index (Phi) is 4.08. The minimum absolute atomic E-state index is 0.139. The zero-order valence-corrected chi connectivity index (χ0v) is 12.8. The molecule has 1 unspecified atom stereocenters. The van der Waals surface area contributed by atoms with Crippen molar-refractivity contribution in [3.8, 4) is 0 Å².